The van der Waals surface area contributed by atoms with Gasteiger partial charge in [0.1, 0.15) is 13.5 Å². The van der Waals surface area contributed by atoms with E-state index in [-0.39, 0.29) is 11.9 Å². The fourth-order valence-corrected chi connectivity index (χ4v) is 3.66. The van der Waals surface area contributed by atoms with Crippen LogP contribution in [0, 0.1) is 0 Å². The number of carbonyl (C=O) groups is 1. The molecule has 6 heteroatoms. The van der Waals surface area contributed by atoms with Crippen LogP contribution in [-0.2, 0) is 11.8 Å². The fourth-order valence-electron chi connectivity index (χ4n) is 3.50. The molecule has 2 aromatic carbocycles. The first-order valence-corrected chi connectivity index (χ1v) is 8.91. The fraction of sp³-hybridized carbons (Fsp3) is 0.250. The molecule has 1 amide bonds. The molecule has 1 aromatic heterocycles. The average molecular weight is 365 g/mol. The number of rotatable bonds is 2. The predicted molar refractivity (Wildman–Crippen MR) is 104 cm³/mol. The Morgan fingerprint density at radius 1 is 1.19 bits per heavy atom. The zero-order valence-electron chi connectivity index (χ0n) is 14.5. The average Bonchev–Trinajstić information content (AvgIpc) is 2.98. The van der Waals surface area contributed by atoms with Gasteiger partial charge in [-0.25, -0.2) is 0 Å². The van der Waals surface area contributed by atoms with Crippen molar-refractivity contribution in [1.82, 2.24) is 9.47 Å². The van der Waals surface area contributed by atoms with Crippen LogP contribution in [-0.4, -0.2) is 43.0 Å². The van der Waals surface area contributed by atoms with Crippen molar-refractivity contribution in [3.63, 3.8) is 0 Å². The quantitative estimate of drug-likeness (QED) is 0.655. The Morgan fingerprint density at radius 3 is 2.73 bits per heavy atom. The number of ether oxygens (including phenoxy) is 1. The Kier molecular flexibility index (Phi) is 4.51. The molecule has 4 nitrogen and oxygen atoms in total. The molecule has 2 radical (unpaired) electrons. The van der Waals surface area contributed by atoms with Gasteiger partial charge in [0.05, 0.1) is 19.3 Å². The maximum Gasteiger partial charge on any atom is 0.271 e. The molecule has 1 aliphatic heterocycles. The van der Waals surface area contributed by atoms with Gasteiger partial charge in [-0.15, -0.1) is 0 Å². The number of hydrogen-bond acceptors (Lipinski definition) is 2. The highest BCUT2D eigenvalue weighted by Crippen LogP contribution is 2.28. The standard InChI is InChI=1S/C20H18BClN2O2/c1-23-17-11-16(22)7-4-14(17)10-18(23)20(25)24-8-9-26-12-19(24)13-2-5-15(21)6-3-13/h2-7,10-11,19H,8-9,12H2,1H3. The molecule has 1 saturated heterocycles. The summed E-state index contributed by atoms with van der Waals surface area (Å²) in [6, 6.07) is 15.1. The smallest absolute Gasteiger partial charge is 0.271 e. The van der Waals surface area contributed by atoms with E-state index in [0.29, 0.717) is 35.9 Å². The summed E-state index contributed by atoms with van der Waals surface area (Å²) in [6.45, 7) is 1.56. The second-order valence-corrected chi connectivity index (χ2v) is 6.98. The van der Waals surface area contributed by atoms with Gasteiger partial charge in [-0.3, -0.25) is 4.79 Å². The summed E-state index contributed by atoms with van der Waals surface area (Å²) in [5.41, 5.74) is 3.31. The lowest BCUT2D eigenvalue weighted by Gasteiger charge is -2.36. The molecule has 1 fully saturated rings. The zero-order valence-corrected chi connectivity index (χ0v) is 15.2. The zero-order chi connectivity index (χ0) is 18.3. The maximum absolute atomic E-state index is 13.3. The molecule has 26 heavy (non-hydrogen) atoms. The number of fused-ring (bicyclic) bond motifs is 1. The Balaban J connectivity index is 1.71. The minimum Gasteiger partial charge on any atom is -0.377 e. The van der Waals surface area contributed by atoms with Crippen LogP contribution in [0.15, 0.2) is 48.5 Å². The second kappa shape index (κ2) is 6.82. The lowest BCUT2D eigenvalue weighted by atomic mass is 9.93. The highest BCUT2D eigenvalue weighted by Gasteiger charge is 2.30. The van der Waals surface area contributed by atoms with Gasteiger partial charge >= 0.3 is 0 Å². The number of aromatic nitrogens is 1. The lowest BCUT2D eigenvalue weighted by Crippen LogP contribution is -2.44. The first kappa shape index (κ1) is 17.2. The van der Waals surface area contributed by atoms with Gasteiger partial charge in [0, 0.05) is 29.5 Å². The van der Waals surface area contributed by atoms with Crippen molar-refractivity contribution in [2.45, 2.75) is 6.04 Å². The number of amides is 1. The van der Waals surface area contributed by atoms with E-state index in [1.807, 2.05) is 65.0 Å². The van der Waals surface area contributed by atoms with Crippen molar-refractivity contribution in [2.75, 3.05) is 19.8 Å². The molecule has 0 N–H and O–H groups in total. The number of hydrogen-bond donors (Lipinski definition) is 0. The Hall–Kier alpha value is -2.24. The molecule has 1 unspecified atom stereocenters. The molecule has 1 aliphatic rings. The number of benzene rings is 2. The number of morpholine rings is 1. The van der Waals surface area contributed by atoms with E-state index in [2.05, 4.69) is 0 Å². The largest absolute Gasteiger partial charge is 0.377 e. The topological polar surface area (TPSA) is 34.5 Å². The maximum atomic E-state index is 13.3. The van der Waals surface area contributed by atoms with Crippen molar-refractivity contribution in [3.8, 4) is 0 Å². The summed E-state index contributed by atoms with van der Waals surface area (Å²) in [5, 5.41) is 1.65. The lowest BCUT2D eigenvalue weighted by molar-refractivity contribution is -0.00316. The van der Waals surface area contributed by atoms with E-state index in [4.69, 9.17) is 24.2 Å². The third-order valence-corrected chi connectivity index (χ3v) is 5.17. The molecule has 0 aliphatic carbocycles. The van der Waals surface area contributed by atoms with Crippen molar-refractivity contribution in [2.24, 2.45) is 7.05 Å². The van der Waals surface area contributed by atoms with Crippen LogP contribution < -0.4 is 5.46 Å². The number of halogens is 1. The Labute approximate surface area is 158 Å². The van der Waals surface area contributed by atoms with Crippen LogP contribution in [0.1, 0.15) is 22.1 Å². The van der Waals surface area contributed by atoms with Gasteiger partial charge in [0.2, 0.25) is 0 Å². The van der Waals surface area contributed by atoms with Crippen molar-refractivity contribution in [3.05, 3.63) is 64.8 Å². The first-order valence-electron chi connectivity index (χ1n) is 8.54. The van der Waals surface area contributed by atoms with Crippen molar-refractivity contribution < 1.29 is 9.53 Å². The highest BCUT2D eigenvalue weighted by molar-refractivity contribution is 6.32. The molecule has 2 heterocycles. The molecule has 3 aromatic rings. The third-order valence-electron chi connectivity index (χ3n) is 4.94. The molecular formula is C20H18BClN2O2. The number of carbonyl (C=O) groups excluding carboxylic acids is 1. The second-order valence-electron chi connectivity index (χ2n) is 6.55. The van der Waals surface area contributed by atoms with Gasteiger partial charge in [-0.05, 0) is 23.8 Å². The molecule has 130 valence electrons. The molecular weight excluding hydrogens is 346 g/mol. The molecule has 1 atom stereocenters. The summed E-state index contributed by atoms with van der Waals surface area (Å²) < 4.78 is 7.54. The molecule has 0 bridgehead atoms. The number of nitrogens with zero attached hydrogens (tertiary/aromatic N) is 2. The van der Waals surface area contributed by atoms with Crippen LogP contribution in [0.5, 0.6) is 0 Å². The third kappa shape index (κ3) is 3.02. The van der Waals surface area contributed by atoms with Gasteiger partial charge < -0.3 is 14.2 Å². The first-order chi connectivity index (χ1) is 12.5. The van der Waals surface area contributed by atoms with Crippen LogP contribution in [0.2, 0.25) is 5.02 Å². The summed E-state index contributed by atoms with van der Waals surface area (Å²) in [6.07, 6.45) is 0. The van der Waals surface area contributed by atoms with E-state index in [1.54, 1.807) is 0 Å². The Bertz CT molecular complexity index is 968. The van der Waals surface area contributed by atoms with Crippen molar-refractivity contribution >= 4 is 41.7 Å². The van der Waals surface area contributed by atoms with Crippen LogP contribution in [0.4, 0.5) is 0 Å². The summed E-state index contributed by atoms with van der Waals surface area (Å²) >= 11 is 6.11. The van der Waals surface area contributed by atoms with Gasteiger partial charge in [0.25, 0.3) is 5.91 Å². The van der Waals surface area contributed by atoms with E-state index < -0.39 is 0 Å². The van der Waals surface area contributed by atoms with Crippen LogP contribution in [0.25, 0.3) is 10.9 Å². The highest BCUT2D eigenvalue weighted by atomic mass is 35.5. The summed E-state index contributed by atoms with van der Waals surface area (Å²) in [5.74, 6) is -0.00931. The summed E-state index contributed by atoms with van der Waals surface area (Å²) in [7, 11) is 7.68. The van der Waals surface area contributed by atoms with E-state index in [9.17, 15) is 4.79 Å². The van der Waals surface area contributed by atoms with Crippen LogP contribution >= 0.6 is 11.6 Å². The SMILES string of the molecule is [B]c1ccc(C2COCCN2C(=O)c2cc3ccc(Cl)cc3n2C)cc1. The molecule has 4 rings (SSSR count). The summed E-state index contributed by atoms with van der Waals surface area (Å²) in [4.78, 5) is 15.2. The predicted octanol–water partition coefficient (Wildman–Crippen LogP) is 2.84. The van der Waals surface area contributed by atoms with Gasteiger partial charge in [-0.1, -0.05) is 47.4 Å². The molecule has 0 spiro atoms. The Morgan fingerprint density at radius 2 is 1.96 bits per heavy atom. The van der Waals surface area contributed by atoms with Crippen molar-refractivity contribution in [1.29, 1.82) is 0 Å². The minimum absolute atomic E-state index is 0.00931. The van der Waals surface area contributed by atoms with Gasteiger partial charge in [0.15, 0.2) is 0 Å². The van der Waals surface area contributed by atoms with Gasteiger partial charge in [-0.2, -0.15) is 0 Å². The monoisotopic (exact) mass is 364 g/mol. The number of aryl methyl sites for hydroxylation is 1. The normalized spacial score (nSPS) is 17.6. The van der Waals surface area contributed by atoms with E-state index in [0.717, 1.165) is 16.5 Å². The van der Waals surface area contributed by atoms with Crippen LogP contribution in [0.3, 0.4) is 0 Å². The van der Waals surface area contributed by atoms with E-state index in [1.165, 1.54) is 0 Å². The molecule has 0 saturated carbocycles. The minimum atomic E-state index is -0.126. The van der Waals surface area contributed by atoms with E-state index >= 15 is 0 Å².